The highest BCUT2D eigenvalue weighted by atomic mass is 127. The van der Waals surface area contributed by atoms with E-state index in [1.165, 1.54) is 4.90 Å². The van der Waals surface area contributed by atoms with Gasteiger partial charge in [0.15, 0.2) is 0 Å². The summed E-state index contributed by atoms with van der Waals surface area (Å²) < 4.78 is 8.07. The van der Waals surface area contributed by atoms with Gasteiger partial charge in [-0.3, -0.25) is 9.69 Å². The number of carbonyl (C=O) groups excluding carboxylic acids is 1. The van der Waals surface area contributed by atoms with Gasteiger partial charge in [-0.05, 0) is 64.6 Å². The van der Waals surface area contributed by atoms with E-state index in [4.69, 9.17) is 4.74 Å². The SMILES string of the molecule is O=C1Nc2ccc(I)cc2C1=Cc1cc(Br)c(C2COCCN2C(=O)O)c(Br)c1. The van der Waals surface area contributed by atoms with Crippen molar-refractivity contribution in [2.45, 2.75) is 6.04 Å². The van der Waals surface area contributed by atoms with Crippen molar-refractivity contribution in [3.8, 4) is 0 Å². The van der Waals surface area contributed by atoms with Crippen LogP contribution in [0.2, 0.25) is 0 Å². The van der Waals surface area contributed by atoms with Crippen LogP contribution in [-0.4, -0.2) is 41.8 Å². The Morgan fingerprint density at radius 3 is 2.69 bits per heavy atom. The van der Waals surface area contributed by atoms with Crippen molar-refractivity contribution < 1.29 is 19.4 Å². The number of amides is 2. The van der Waals surface area contributed by atoms with Crippen molar-refractivity contribution in [2.24, 2.45) is 0 Å². The molecule has 2 N–H and O–H groups in total. The predicted octanol–water partition coefficient (Wildman–Crippen LogP) is 5.36. The summed E-state index contributed by atoms with van der Waals surface area (Å²) in [6, 6.07) is 9.19. The van der Waals surface area contributed by atoms with Gasteiger partial charge in [0.25, 0.3) is 5.91 Å². The van der Waals surface area contributed by atoms with E-state index in [9.17, 15) is 14.7 Å². The first-order chi connectivity index (χ1) is 13.8. The lowest BCUT2D eigenvalue weighted by Gasteiger charge is -2.34. The summed E-state index contributed by atoms with van der Waals surface area (Å²) in [7, 11) is 0. The number of morpholine rings is 1. The molecule has 0 bridgehead atoms. The van der Waals surface area contributed by atoms with Gasteiger partial charge in [0.05, 0.1) is 19.3 Å². The Bertz CT molecular complexity index is 1030. The van der Waals surface area contributed by atoms with E-state index < -0.39 is 12.1 Å². The summed E-state index contributed by atoms with van der Waals surface area (Å²) in [6.45, 7) is 0.994. The Hall–Kier alpha value is -1.43. The highest BCUT2D eigenvalue weighted by molar-refractivity contribution is 14.1. The summed E-state index contributed by atoms with van der Waals surface area (Å²) in [5, 5.41) is 12.4. The van der Waals surface area contributed by atoms with Crippen LogP contribution in [0.1, 0.15) is 22.7 Å². The topological polar surface area (TPSA) is 78.9 Å². The number of anilines is 1. The van der Waals surface area contributed by atoms with Crippen LogP contribution in [0, 0.1) is 3.57 Å². The number of hydrogen-bond acceptors (Lipinski definition) is 3. The fourth-order valence-electron chi connectivity index (χ4n) is 3.55. The highest BCUT2D eigenvalue weighted by Gasteiger charge is 2.31. The Morgan fingerprint density at radius 1 is 1.28 bits per heavy atom. The second kappa shape index (κ2) is 8.37. The van der Waals surface area contributed by atoms with E-state index in [1.807, 2.05) is 36.4 Å². The Balaban J connectivity index is 1.73. The second-order valence-corrected chi connectivity index (χ2v) is 9.62. The smallest absolute Gasteiger partial charge is 0.407 e. The lowest BCUT2D eigenvalue weighted by atomic mass is 10.0. The van der Waals surface area contributed by atoms with E-state index >= 15 is 0 Å². The van der Waals surface area contributed by atoms with Crippen LogP contribution in [-0.2, 0) is 9.53 Å². The molecule has 4 rings (SSSR count). The van der Waals surface area contributed by atoms with Crippen LogP contribution in [0.3, 0.4) is 0 Å². The number of carboxylic acid groups (broad SMARTS) is 1. The molecule has 9 heteroatoms. The molecule has 2 aromatic rings. The summed E-state index contributed by atoms with van der Waals surface area (Å²) in [4.78, 5) is 25.5. The molecule has 0 spiro atoms. The molecule has 2 amide bonds. The summed E-state index contributed by atoms with van der Waals surface area (Å²) in [5.41, 5.74) is 3.89. The molecular formula is C20H15Br2IN2O4. The Morgan fingerprint density at radius 2 is 2.00 bits per heavy atom. The van der Waals surface area contributed by atoms with E-state index in [0.29, 0.717) is 18.7 Å². The van der Waals surface area contributed by atoms with E-state index in [1.54, 1.807) is 0 Å². The van der Waals surface area contributed by atoms with E-state index in [2.05, 4.69) is 59.8 Å². The molecule has 1 atom stereocenters. The lowest BCUT2D eigenvalue weighted by Crippen LogP contribution is -2.42. The number of nitrogens with zero attached hydrogens (tertiary/aromatic N) is 1. The molecule has 0 aliphatic carbocycles. The largest absolute Gasteiger partial charge is 0.465 e. The zero-order chi connectivity index (χ0) is 20.7. The van der Waals surface area contributed by atoms with Crippen molar-refractivity contribution >= 4 is 83.8 Å². The molecular weight excluding hydrogens is 619 g/mol. The Kier molecular flexibility index (Phi) is 6.01. The number of carbonyl (C=O) groups is 2. The van der Waals surface area contributed by atoms with Gasteiger partial charge in [-0.25, -0.2) is 4.79 Å². The fourth-order valence-corrected chi connectivity index (χ4v) is 5.79. The zero-order valence-corrected chi connectivity index (χ0v) is 20.2. The van der Waals surface area contributed by atoms with Gasteiger partial charge < -0.3 is 15.2 Å². The van der Waals surface area contributed by atoms with Crippen molar-refractivity contribution in [2.75, 3.05) is 25.1 Å². The average molecular weight is 634 g/mol. The quantitative estimate of drug-likeness (QED) is 0.345. The monoisotopic (exact) mass is 632 g/mol. The van der Waals surface area contributed by atoms with Crippen LogP contribution in [0.15, 0.2) is 39.3 Å². The standard InChI is InChI=1S/C20H15Br2IN2O4/c21-14-6-10(5-13-12-8-11(23)1-2-16(12)24-19(13)26)7-15(22)18(14)17-9-29-4-3-25(17)20(27)28/h1-2,5-8,17H,3-4,9H2,(H,24,26)(H,27,28). The molecule has 2 aromatic carbocycles. The number of ether oxygens (including phenoxy) is 1. The molecule has 0 saturated carbocycles. The number of hydrogen-bond donors (Lipinski definition) is 2. The number of benzene rings is 2. The van der Waals surface area contributed by atoms with Crippen LogP contribution in [0.4, 0.5) is 10.5 Å². The molecule has 1 saturated heterocycles. The zero-order valence-electron chi connectivity index (χ0n) is 14.9. The molecule has 1 fully saturated rings. The number of nitrogens with one attached hydrogen (secondary N) is 1. The molecule has 0 radical (unpaired) electrons. The molecule has 0 aromatic heterocycles. The van der Waals surface area contributed by atoms with Crippen LogP contribution < -0.4 is 5.32 Å². The normalized spacial score (nSPS) is 20.0. The third-order valence-electron chi connectivity index (χ3n) is 4.88. The third kappa shape index (κ3) is 4.10. The first kappa shape index (κ1) is 20.8. The van der Waals surface area contributed by atoms with Gasteiger partial charge in [-0.1, -0.05) is 31.9 Å². The van der Waals surface area contributed by atoms with E-state index in [0.717, 1.165) is 34.9 Å². The van der Waals surface area contributed by atoms with Gasteiger partial charge in [0.2, 0.25) is 0 Å². The van der Waals surface area contributed by atoms with Gasteiger partial charge in [-0.2, -0.15) is 0 Å². The molecule has 1 unspecified atom stereocenters. The third-order valence-corrected chi connectivity index (χ3v) is 6.87. The summed E-state index contributed by atoms with van der Waals surface area (Å²) in [6.07, 6.45) is 0.861. The number of rotatable bonds is 2. The van der Waals surface area contributed by atoms with E-state index in [-0.39, 0.29) is 12.5 Å². The van der Waals surface area contributed by atoms with Crippen LogP contribution >= 0.6 is 54.5 Å². The lowest BCUT2D eigenvalue weighted by molar-refractivity contribution is -0.110. The van der Waals surface area contributed by atoms with Gasteiger partial charge >= 0.3 is 6.09 Å². The minimum Gasteiger partial charge on any atom is -0.465 e. The molecule has 6 nitrogen and oxygen atoms in total. The first-order valence-electron chi connectivity index (χ1n) is 8.74. The number of fused-ring (bicyclic) bond motifs is 1. The fraction of sp³-hybridized carbons (Fsp3) is 0.200. The molecule has 2 aliphatic heterocycles. The van der Waals surface area contributed by atoms with Crippen molar-refractivity contribution in [3.63, 3.8) is 0 Å². The maximum atomic E-state index is 12.5. The number of halogens is 3. The average Bonchev–Trinajstić information content (AvgIpc) is 2.96. The molecule has 2 heterocycles. The van der Waals surface area contributed by atoms with Crippen LogP contribution in [0.25, 0.3) is 11.6 Å². The maximum Gasteiger partial charge on any atom is 0.407 e. The van der Waals surface area contributed by atoms with Gasteiger partial charge in [0, 0.05) is 41.4 Å². The predicted molar refractivity (Wildman–Crippen MR) is 126 cm³/mol. The second-order valence-electron chi connectivity index (χ2n) is 6.67. The first-order valence-corrected chi connectivity index (χ1v) is 11.4. The van der Waals surface area contributed by atoms with Crippen molar-refractivity contribution in [1.29, 1.82) is 0 Å². The van der Waals surface area contributed by atoms with Crippen LogP contribution in [0.5, 0.6) is 0 Å². The van der Waals surface area contributed by atoms with Crippen molar-refractivity contribution in [3.05, 3.63) is 59.5 Å². The minimum atomic E-state index is -0.975. The van der Waals surface area contributed by atoms with Gasteiger partial charge in [-0.15, -0.1) is 0 Å². The Labute approximate surface area is 197 Å². The molecule has 29 heavy (non-hydrogen) atoms. The van der Waals surface area contributed by atoms with Crippen molar-refractivity contribution in [1.82, 2.24) is 4.90 Å². The maximum absolute atomic E-state index is 12.5. The summed E-state index contributed by atoms with van der Waals surface area (Å²) >= 11 is 9.39. The highest BCUT2D eigenvalue weighted by Crippen LogP contribution is 2.39. The summed E-state index contributed by atoms with van der Waals surface area (Å²) in [5.74, 6) is -0.143. The molecule has 150 valence electrons. The van der Waals surface area contributed by atoms with Gasteiger partial charge in [0.1, 0.15) is 0 Å². The molecule has 2 aliphatic rings. The minimum absolute atomic E-state index is 0.143.